The van der Waals surface area contributed by atoms with Crippen LogP contribution in [0.2, 0.25) is 0 Å². The van der Waals surface area contributed by atoms with Crippen LogP contribution >= 0.6 is 11.8 Å². The van der Waals surface area contributed by atoms with Crippen LogP contribution in [-0.2, 0) is 6.42 Å². The predicted octanol–water partition coefficient (Wildman–Crippen LogP) is 4.35. The number of para-hydroxylation sites is 2. The van der Waals surface area contributed by atoms with Gasteiger partial charge in [0.15, 0.2) is 5.17 Å². The molecule has 0 aliphatic carbocycles. The van der Waals surface area contributed by atoms with Crippen molar-refractivity contribution < 1.29 is 0 Å². The van der Waals surface area contributed by atoms with Crippen LogP contribution in [0.15, 0.2) is 65.7 Å². The Morgan fingerprint density at radius 1 is 1.03 bits per heavy atom. The Morgan fingerprint density at radius 3 is 2.58 bits per heavy atom. The SMILES string of the molecule is N=C(N)SCCCc1[nH]c2ccccc2c1-c1cn(-c2c[nH]c3ccccc23)c(=O)[nH]1. The summed E-state index contributed by atoms with van der Waals surface area (Å²) in [7, 11) is 0. The summed E-state index contributed by atoms with van der Waals surface area (Å²) >= 11 is 1.35. The Morgan fingerprint density at radius 2 is 1.77 bits per heavy atom. The Bertz CT molecular complexity index is 1450. The largest absolute Gasteiger partial charge is 0.379 e. The van der Waals surface area contributed by atoms with Crippen LogP contribution in [0.4, 0.5) is 0 Å². The lowest BCUT2D eigenvalue weighted by atomic mass is 10.1. The number of aromatic nitrogens is 4. The van der Waals surface area contributed by atoms with Crippen LogP contribution in [-0.4, -0.2) is 30.4 Å². The topological polar surface area (TPSA) is 119 Å². The van der Waals surface area contributed by atoms with E-state index in [4.69, 9.17) is 11.1 Å². The van der Waals surface area contributed by atoms with E-state index in [-0.39, 0.29) is 10.9 Å². The number of fused-ring (bicyclic) bond motifs is 2. The number of hydrogen-bond donors (Lipinski definition) is 5. The number of nitrogens with one attached hydrogen (secondary N) is 4. The van der Waals surface area contributed by atoms with Gasteiger partial charge in [-0.15, -0.1) is 0 Å². The molecular weight excluding hydrogens is 408 g/mol. The van der Waals surface area contributed by atoms with E-state index in [0.29, 0.717) is 0 Å². The molecule has 5 rings (SSSR count). The molecule has 156 valence electrons. The first-order valence-electron chi connectivity index (χ1n) is 10.1. The third-order valence-electron chi connectivity index (χ3n) is 5.43. The summed E-state index contributed by atoms with van der Waals surface area (Å²) in [4.78, 5) is 22.7. The van der Waals surface area contributed by atoms with Gasteiger partial charge in [0.25, 0.3) is 0 Å². The van der Waals surface area contributed by atoms with Crippen LogP contribution < -0.4 is 11.4 Å². The maximum Gasteiger partial charge on any atom is 0.330 e. The first kappa shape index (κ1) is 19.3. The van der Waals surface area contributed by atoms with Gasteiger partial charge in [0, 0.05) is 51.2 Å². The normalized spacial score (nSPS) is 11.5. The lowest BCUT2D eigenvalue weighted by Crippen LogP contribution is -2.13. The number of amidine groups is 1. The van der Waals surface area contributed by atoms with Gasteiger partial charge in [-0.1, -0.05) is 48.2 Å². The second kappa shape index (κ2) is 7.88. The molecule has 2 aromatic carbocycles. The molecule has 0 atom stereocenters. The van der Waals surface area contributed by atoms with Crippen molar-refractivity contribution in [2.24, 2.45) is 5.73 Å². The first-order valence-corrected chi connectivity index (χ1v) is 11.1. The molecule has 0 aliphatic heterocycles. The molecule has 0 saturated heterocycles. The van der Waals surface area contributed by atoms with Crippen molar-refractivity contribution in [3.63, 3.8) is 0 Å². The second-order valence-electron chi connectivity index (χ2n) is 7.40. The predicted molar refractivity (Wildman–Crippen MR) is 128 cm³/mol. The number of imidazole rings is 1. The molecule has 0 bridgehead atoms. The maximum atomic E-state index is 12.9. The lowest BCUT2D eigenvalue weighted by molar-refractivity contribution is 0.908. The highest BCUT2D eigenvalue weighted by Crippen LogP contribution is 2.32. The quantitative estimate of drug-likeness (QED) is 0.156. The number of nitrogens with two attached hydrogens (primary N) is 1. The van der Waals surface area contributed by atoms with E-state index >= 15 is 0 Å². The monoisotopic (exact) mass is 430 g/mol. The standard InChI is InChI=1S/C23H22N6OS/c24-22(25)31-11-5-10-18-21(15-7-2-4-9-17(15)27-18)19-13-29(23(30)28-19)20-12-26-16-8-3-1-6-14(16)20/h1-4,6-9,12-13,26-27H,5,10-11H2,(H3,24,25)(H,28,30). The van der Waals surface area contributed by atoms with E-state index in [0.717, 1.165) is 63.0 Å². The van der Waals surface area contributed by atoms with E-state index in [9.17, 15) is 4.79 Å². The molecule has 7 nitrogen and oxygen atoms in total. The van der Waals surface area contributed by atoms with E-state index in [2.05, 4.69) is 21.0 Å². The minimum atomic E-state index is -0.178. The summed E-state index contributed by atoms with van der Waals surface area (Å²) < 4.78 is 1.66. The fraction of sp³-hybridized carbons (Fsp3) is 0.130. The summed E-state index contributed by atoms with van der Waals surface area (Å²) in [5.41, 5.74) is 11.0. The number of aryl methyl sites for hydroxylation is 1. The average molecular weight is 431 g/mol. The van der Waals surface area contributed by atoms with Crippen molar-refractivity contribution in [1.29, 1.82) is 5.41 Å². The van der Waals surface area contributed by atoms with E-state index in [1.54, 1.807) is 4.57 Å². The number of aromatic amines is 3. The fourth-order valence-corrected chi connectivity index (χ4v) is 4.59. The number of rotatable bonds is 6. The highest BCUT2D eigenvalue weighted by molar-refractivity contribution is 8.13. The van der Waals surface area contributed by atoms with Gasteiger partial charge in [-0.3, -0.25) is 9.98 Å². The third-order valence-corrected chi connectivity index (χ3v) is 6.23. The van der Waals surface area contributed by atoms with Crippen LogP contribution in [0.3, 0.4) is 0 Å². The van der Waals surface area contributed by atoms with Gasteiger partial charge in [0.1, 0.15) is 0 Å². The Balaban J connectivity index is 1.58. The summed E-state index contributed by atoms with van der Waals surface area (Å²) in [6.45, 7) is 0. The van der Waals surface area contributed by atoms with Gasteiger partial charge in [0.05, 0.1) is 11.4 Å². The average Bonchev–Trinajstić information content (AvgIpc) is 3.45. The van der Waals surface area contributed by atoms with Crippen molar-refractivity contribution in [1.82, 2.24) is 19.5 Å². The smallest absolute Gasteiger partial charge is 0.330 e. The van der Waals surface area contributed by atoms with Crippen LogP contribution in [0.5, 0.6) is 0 Å². The molecule has 8 heteroatoms. The summed E-state index contributed by atoms with van der Waals surface area (Å²) in [5, 5.41) is 9.59. The highest BCUT2D eigenvalue weighted by Gasteiger charge is 2.17. The summed E-state index contributed by atoms with van der Waals surface area (Å²) in [5.74, 6) is 0.775. The van der Waals surface area contributed by atoms with Crippen LogP contribution in [0.25, 0.3) is 38.8 Å². The van der Waals surface area contributed by atoms with Gasteiger partial charge < -0.3 is 20.7 Å². The number of benzene rings is 2. The number of nitrogens with zero attached hydrogens (tertiary/aromatic N) is 1. The van der Waals surface area contributed by atoms with Gasteiger partial charge in [-0.05, 0) is 25.0 Å². The molecule has 0 unspecified atom stereocenters. The number of hydrogen-bond acceptors (Lipinski definition) is 3. The molecule has 3 aromatic heterocycles. The van der Waals surface area contributed by atoms with Crippen molar-refractivity contribution in [2.45, 2.75) is 12.8 Å². The molecule has 0 amide bonds. The first-order chi connectivity index (χ1) is 15.1. The molecule has 31 heavy (non-hydrogen) atoms. The van der Waals surface area contributed by atoms with Gasteiger partial charge in [0.2, 0.25) is 0 Å². The van der Waals surface area contributed by atoms with Crippen molar-refractivity contribution in [3.8, 4) is 16.9 Å². The molecule has 0 fully saturated rings. The Hall–Kier alpha value is -3.65. The molecular formula is C23H22N6OS. The Kier molecular flexibility index (Phi) is 4.91. The van der Waals surface area contributed by atoms with Gasteiger partial charge in [-0.2, -0.15) is 0 Å². The van der Waals surface area contributed by atoms with Crippen molar-refractivity contribution in [2.75, 3.05) is 5.75 Å². The second-order valence-corrected chi connectivity index (χ2v) is 8.54. The van der Waals surface area contributed by atoms with Gasteiger partial charge in [-0.25, -0.2) is 4.79 Å². The van der Waals surface area contributed by atoms with Crippen LogP contribution in [0, 0.1) is 5.41 Å². The van der Waals surface area contributed by atoms with Crippen molar-refractivity contribution >= 4 is 38.7 Å². The molecule has 5 aromatic rings. The Labute approximate surface area is 182 Å². The number of H-pyrrole nitrogens is 3. The zero-order valence-corrected chi connectivity index (χ0v) is 17.6. The minimum Gasteiger partial charge on any atom is -0.379 e. The molecule has 0 saturated carbocycles. The van der Waals surface area contributed by atoms with E-state index in [1.165, 1.54) is 11.8 Å². The van der Waals surface area contributed by atoms with E-state index < -0.39 is 0 Å². The molecule has 6 N–H and O–H groups in total. The zero-order valence-electron chi connectivity index (χ0n) is 16.7. The highest BCUT2D eigenvalue weighted by atomic mass is 32.2. The molecule has 0 spiro atoms. The van der Waals surface area contributed by atoms with E-state index in [1.807, 2.05) is 54.9 Å². The van der Waals surface area contributed by atoms with Crippen molar-refractivity contribution in [3.05, 3.63) is 77.1 Å². The number of thioether (sulfide) groups is 1. The minimum absolute atomic E-state index is 0.136. The maximum absolute atomic E-state index is 12.9. The molecule has 3 heterocycles. The third kappa shape index (κ3) is 3.55. The lowest BCUT2D eigenvalue weighted by Gasteiger charge is -2.03. The summed E-state index contributed by atoms with van der Waals surface area (Å²) in [6, 6.07) is 16.0. The van der Waals surface area contributed by atoms with Gasteiger partial charge >= 0.3 is 5.69 Å². The fourth-order valence-electron chi connectivity index (χ4n) is 4.08. The van der Waals surface area contributed by atoms with Crippen LogP contribution in [0.1, 0.15) is 12.1 Å². The zero-order chi connectivity index (χ0) is 21.4. The molecule has 0 radical (unpaired) electrons. The molecule has 0 aliphatic rings. The summed E-state index contributed by atoms with van der Waals surface area (Å²) in [6.07, 6.45) is 5.40.